The van der Waals surface area contributed by atoms with Crippen LogP contribution >= 0.6 is 0 Å². The number of carbonyl (C=O) groups is 1. The van der Waals surface area contributed by atoms with Crippen LogP contribution in [0.2, 0.25) is 0 Å². The van der Waals surface area contributed by atoms with Crippen molar-refractivity contribution in [2.45, 2.75) is 6.92 Å². The molecule has 0 aliphatic carbocycles. The Kier molecular flexibility index (Phi) is 5.33. The van der Waals surface area contributed by atoms with Crippen molar-refractivity contribution in [2.24, 2.45) is 0 Å². The van der Waals surface area contributed by atoms with Gasteiger partial charge in [-0.3, -0.25) is 4.79 Å². The maximum Gasteiger partial charge on any atom is 0.252 e. The molecule has 0 radical (unpaired) electrons. The lowest BCUT2D eigenvalue weighted by Crippen LogP contribution is -2.23. The maximum atomic E-state index is 12.0. The molecule has 0 spiro atoms. The Morgan fingerprint density at radius 2 is 1.80 bits per heavy atom. The fraction of sp³-hybridized carbons (Fsp3) is 0.136. The lowest BCUT2D eigenvalue weighted by atomic mass is 10.1. The van der Waals surface area contributed by atoms with Crippen LogP contribution in [-0.4, -0.2) is 19.1 Å². The van der Waals surface area contributed by atoms with Gasteiger partial charge in [0.25, 0.3) is 5.91 Å². The molecule has 124 valence electrons. The van der Waals surface area contributed by atoms with E-state index >= 15 is 0 Å². The summed E-state index contributed by atoms with van der Waals surface area (Å²) in [7, 11) is 0. The van der Waals surface area contributed by atoms with E-state index < -0.39 is 0 Å². The Morgan fingerprint density at radius 3 is 2.68 bits per heavy atom. The maximum absolute atomic E-state index is 12.0. The van der Waals surface area contributed by atoms with E-state index in [1.54, 1.807) is 6.07 Å². The van der Waals surface area contributed by atoms with Crippen molar-refractivity contribution in [3.05, 3.63) is 77.9 Å². The monoisotopic (exact) mass is 329 g/mol. The second kappa shape index (κ2) is 8.03. The van der Waals surface area contributed by atoms with E-state index in [1.165, 1.54) is 0 Å². The molecule has 0 bridgehead atoms. The van der Waals surface area contributed by atoms with Gasteiger partial charge in [-0.05, 0) is 30.5 Å². The molecule has 3 aromatic rings. The van der Waals surface area contributed by atoms with Gasteiger partial charge in [-0.1, -0.05) is 65.9 Å². The van der Waals surface area contributed by atoms with Gasteiger partial charge >= 0.3 is 0 Å². The molecule has 3 rings (SSSR count). The minimum Gasteiger partial charge on any atom is -0.480 e. The average molecular weight is 329 g/mol. The fourth-order valence-corrected chi connectivity index (χ4v) is 2.56. The van der Waals surface area contributed by atoms with Crippen molar-refractivity contribution in [3.8, 4) is 17.6 Å². The summed E-state index contributed by atoms with van der Waals surface area (Å²) in [5, 5.41) is 4.99. The molecule has 0 fully saturated rings. The number of benzene rings is 3. The van der Waals surface area contributed by atoms with Gasteiger partial charge in [0.1, 0.15) is 12.4 Å². The lowest BCUT2D eigenvalue weighted by Gasteiger charge is -2.06. The molecule has 0 aromatic heterocycles. The zero-order valence-electron chi connectivity index (χ0n) is 14.1. The highest BCUT2D eigenvalue weighted by molar-refractivity contribution is 5.94. The smallest absolute Gasteiger partial charge is 0.252 e. The predicted octanol–water partition coefficient (Wildman–Crippen LogP) is 3.96. The van der Waals surface area contributed by atoms with Crippen LogP contribution in [0.3, 0.4) is 0 Å². The van der Waals surface area contributed by atoms with Gasteiger partial charge in [0.2, 0.25) is 0 Å². The molecular weight excluding hydrogens is 310 g/mol. The first-order valence-corrected chi connectivity index (χ1v) is 8.15. The Morgan fingerprint density at radius 1 is 1.00 bits per heavy atom. The summed E-state index contributed by atoms with van der Waals surface area (Å²) in [6, 6.07) is 21.5. The molecular formula is C22H19NO2. The molecule has 0 heterocycles. The van der Waals surface area contributed by atoms with Crippen molar-refractivity contribution in [2.75, 3.05) is 13.2 Å². The van der Waals surface area contributed by atoms with Crippen LogP contribution in [0.1, 0.15) is 15.9 Å². The number of hydrogen-bond donors (Lipinski definition) is 1. The molecule has 3 nitrogen and oxygen atoms in total. The Labute approximate surface area is 147 Å². The van der Waals surface area contributed by atoms with E-state index in [1.807, 2.05) is 55.5 Å². The summed E-state index contributed by atoms with van der Waals surface area (Å²) < 4.78 is 5.74. The van der Waals surface area contributed by atoms with Crippen LogP contribution in [0.25, 0.3) is 10.8 Å². The van der Waals surface area contributed by atoms with Crippen molar-refractivity contribution in [1.82, 2.24) is 5.32 Å². The van der Waals surface area contributed by atoms with Gasteiger partial charge in [-0.25, -0.2) is 0 Å². The molecule has 0 saturated heterocycles. The van der Waals surface area contributed by atoms with Crippen LogP contribution in [0.15, 0.2) is 66.7 Å². The third-order valence-electron chi connectivity index (χ3n) is 3.79. The highest BCUT2D eigenvalue weighted by Gasteiger charge is 2.03. The number of ether oxygens (including phenoxy) is 1. The predicted molar refractivity (Wildman–Crippen MR) is 101 cm³/mol. The summed E-state index contributed by atoms with van der Waals surface area (Å²) in [6.45, 7) is 2.54. The Bertz CT molecular complexity index is 945. The highest BCUT2D eigenvalue weighted by Crippen LogP contribution is 2.24. The number of hydrogen-bond acceptors (Lipinski definition) is 2. The summed E-state index contributed by atoms with van der Waals surface area (Å²) in [4.78, 5) is 12.0. The van der Waals surface area contributed by atoms with Crippen molar-refractivity contribution < 1.29 is 9.53 Å². The van der Waals surface area contributed by atoms with Crippen LogP contribution in [0.5, 0.6) is 5.75 Å². The number of aryl methyl sites for hydroxylation is 1. The SMILES string of the molecule is Cc1cccc(C(=O)NCC#CCOc2cccc3ccccc23)c1. The fourth-order valence-electron chi connectivity index (χ4n) is 2.56. The standard InChI is InChI=1S/C22H19NO2/c1-17-8-6-11-19(16-17)22(24)23-14-4-5-15-25-21-13-7-10-18-9-2-3-12-20(18)21/h2-3,6-13,16H,14-15H2,1H3,(H,23,24). The van der Waals surface area contributed by atoms with E-state index in [-0.39, 0.29) is 12.5 Å². The van der Waals surface area contributed by atoms with E-state index in [0.29, 0.717) is 12.1 Å². The summed E-state index contributed by atoms with van der Waals surface area (Å²) in [5.74, 6) is 6.54. The highest BCUT2D eigenvalue weighted by atomic mass is 16.5. The first-order valence-electron chi connectivity index (χ1n) is 8.15. The van der Waals surface area contributed by atoms with Gasteiger partial charge in [-0.2, -0.15) is 0 Å². The van der Waals surface area contributed by atoms with Crippen LogP contribution < -0.4 is 10.1 Å². The van der Waals surface area contributed by atoms with Crippen molar-refractivity contribution in [3.63, 3.8) is 0 Å². The number of nitrogens with one attached hydrogen (secondary N) is 1. The van der Waals surface area contributed by atoms with Gasteiger partial charge in [-0.15, -0.1) is 0 Å². The molecule has 1 N–H and O–H groups in total. The third kappa shape index (κ3) is 4.39. The molecule has 25 heavy (non-hydrogen) atoms. The third-order valence-corrected chi connectivity index (χ3v) is 3.79. The number of rotatable bonds is 4. The van der Waals surface area contributed by atoms with E-state index in [2.05, 4.69) is 29.3 Å². The summed E-state index contributed by atoms with van der Waals surface area (Å²) in [6.07, 6.45) is 0. The quantitative estimate of drug-likeness (QED) is 0.736. The van der Waals surface area contributed by atoms with E-state index in [4.69, 9.17) is 4.74 Å². The van der Waals surface area contributed by atoms with Crippen LogP contribution in [0.4, 0.5) is 0 Å². The Hall–Kier alpha value is -3.25. The first-order chi connectivity index (χ1) is 12.2. The van der Waals surface area contributed by atoms with Crippen molar-refractivity contribution >= 4 is 16.7 Å². The van der Waals surface area contributed by atoms with Gasteiger partial charge in [0.05, 0.1) is 6.54 Å². The second-order valence-electron chi connectivity index (χ2n) is 5.67. The van der Waals surface area contributed by atoms with E-state index in [0.717, 1.165) is 22.1 Å². The first kappa shape index (κ1) is 16.6. The zero-order chi connectivity index (χ0) is 17.5. The molecule has 3 heteroatoms. The lowest BCUT2D eigenvalue weighted by molar-refractivity contribution is 0.0958. The largest absolute Gasteiger partial charge is 0.480 e. The average Bonchev–Trinajstić information content (AvgIpc) is 2.64. The van der Waals surface area contributed by atoms with Crippen LogP contribution in [-0.2, 0) is 0 Å². The summed E-state index contributed by atoms with van der Waals surface area (Å²) >= 11 is 0. The van der Waals surface area contributed by atoms with E-state index in [9.17, 15) is 4.79 Å². The molecule has 3 aromatic carbocycles. The molecule has 1 amide bonds. The molecule has 0 saturated carbocycles. The number of fused-ring (bicyclic) bond motifs is 1. The van der Waals surface area contributed by atoms with Gasteiger partial charge < -0.3 is 10.1 Å². The molecule has 0 atom stereocenters. The molecule has 0 unspecified atom stereocenters. The molecule has 0 aliphatic heterocycles. The Balaban J connectivity index is 1.51. The summed E-state index contributed by atoms with van der Waals surface area (Å²) in [5.41, 5.74) is 1.70. The van der Waals surface area contributed by atoms with Gasteiger partial charge in [0, 0.05) is 10.9 Å². The van der Waals surface area contributed by atoms with Crippen molar-refractivity contribution in [1.29, 1.82) is 0 Å². The van der Waals surface area contributed by atoms with Gasteiger partial charge in [0.15, 0.2) is 0 Å². The molecule has 0 aliphatic rings. The minimum absolute atomic E-state index is 0.118. The van der Waals surface area contributed by atoms with Crippen LogP contribution in [0, 0.1) is 18.8 Å². The normalized spacial score (nSPS) is 9.96. The zero-order valence-corrected chi connectivity index (χ0v) is 14.1. The minimum atomic E-state index is -0.118. The topological polar surface area (TPSA) is 38.3 Å². The number of amides is 1. The second-order valence-corrected chi connectivity index (χ2v) is 5.67. The number of carbonyl (C=O) groups excluding carboxylic acids is 1.